The highest BCUT2D eigenvalue weighted by atomic mass is 16.5. The molecular weight excluding hydrogens is 372 g/mol. The molecule has 29 heavy (non-hydrogen) atoms. The van der Waals surface area contributed by atoms with Gasteiger partial charge in [-0.25, -0.2) is 9.69 Å². The van der Waals surface area contributed by atoms with E-state index >= 15 is 0 Å². The monoisotopic (exact) mass is 394 g/mol. The molecule has 0 radical (unpaired) electrons. The van der Waals surface area contributed by atoms with E-state index in [2.05, 4.69) is 5.32 Å². The Morgan fingerprint density at radius 2 is 1.90 bits per heavy atom. The number of hydrogen-bond donors (Lipinski definition) is 1. The Morgan fingerprint density at radius 1 is 1.10 bits per heavy atom. The molecule has 2 aromatic rings. The highest BCUT2D eigenvalue weighted by Gasteiger charge is 2.37. The molecule has 1 saturated heterocycles. The lowest BCUT2D eigenvalue weighted by Gasteiger charge is -2.26. The van der Waals surface area contributed by atoms with Crippen molar-refractivity contribution in [3.8, 4) is 11.5 Å². The number of urea groups is 1. The molecule has 0 saturated carbocycles. The molecule has 4 amide bonds. The number of carbonyl (C=O) groups excluding carboxylic acids is 3. The number of anilines is 1. The summed E-state index contributed by atoms with van der Waals surface area (Å²) in [4.78, 5) is 38.7. The molecule has 2 aromatic carbocycles. The van der Waals surface area contributed by atoms with E-state index in [-0.39, 0.29) is 5.57 Å². The summed E-state index contributed by atoms with van der Waals surface area (Å²) in [5.74, 6) is -0.365. The molecule has 0 spiro atoms. The summed E-state index contributed by atoms with van der Waals surface area (Å²) in [5, 5.41) is 2.23. The summed E-state index contributed by atoms with van der Waals surface area (Å²) in [6.07, 6.45) is 2.22. The van der Waals surface area contributed by atoms with E-state index in [0.717, 1.165) is 16.9 Å². The van der Waals surface area contributed by atoms with Crippen molar-refractivity contribution in [2.75, 3.05) is 18.6 Å². The maximum atomic E-state index is 13.0. The van der Waals surface area contributed by atoms with Gasteiger partial charge in [0.15, 0.2) is 0 Å². The minimum Gasteiger partial charge on any atom is -0.497 e. The van der Waals surface area contributed by atoms with Crippen molar-refractivity contribution in [1.82, 2.24) is 5.32 Å². The molecule has 1 fully saturated rings. The van der Waals surface area contributed by atoms with E-state index in [1.165, 1.54) is 6.08 Å². The molecule has 0 bridgehead atoms. The van der Waals surface area contributed by atoms with Crippen LogP contribution in [0.1, 0.15) is 24.5 Å². The Bertz CT molecular complexity index is 996. The van der Waals surface area contributed by atoms with Gasteiger partial charge in [-0.2, -0.15) is 0 Å². The van der Waals surface area contributed by atoms with Gasteiger partial charge in [0.25, 0.3) is 11.8 Å². The summed E-state index contributed by atoms with van der Waals surface area (Å²) >= 11 is 0. The second kappa shape index (κ2) is 8.60. The highest BCUT2D eigenvalue weighted by molar-refractivity contribution is 6.39. The number of methoxy groups -OCH3 is 1. The van der Waals surface area contributed by atoms with Gasteiger partial charge >= 0.3 is 6.03 Å². The van der Waals surface area contributed by atoms with E-state index in [1.54, 1.807) is 43.5 Å². The van der Waals surface area contributed by atoms with E-state index in [0.29, 0.717) is 29.4 Å². The molecule has 0 aliphatic carbocycles. The lowest BCUT2D eigenvalue weighted by molar-refractivity contribution is -0.122. The van der Waals surface area contributed by atoms with Crippen molar-refractivity contribution in [1.29, 1.82) is 0 Å². The van der Waals surface area contributed by atoms with Gasteiger partial charge in [-0.1, -0.05) is 19.1 Å². The third-order valence-electron chi connectivity index (χ3n) is 4.34. The molecule has 1 aliphatic rings. The fourth-order valence-electron chi connectivity index (χ4n) is 2.91. The molecule has 1 N–H and O–H groups in total. The number of imide groups is 2. The smallest absolute Gasteiger partial charge is 0.335 e. The number of nitrogens with zero attached hydrogens (tertiary/aromatic N) is 1. The van der Waals surface area contributed by atoms with E-state index in [9.17, 15) is 14.4 Å². The van der Waals surface area contributed by atoms with Gasteiger partial charge in [-0.05, 0) is 49.2 Å². The minimum absolute atomic E-state index is 0.155. The van der Waals surface area contributed by atoms with Gasteiger partial charge in [-0.15, -0.1) is 0 Å². The summed E-state index contributed by atoms with van der Waals surface area (Å²) in [5.41, 5.74) is 1.66. The molecule has 1 aliphatic heterocycles. The van der Waals surface area contributed by atoms with E-state index < -0.39 is 17.8 Å². The number of amides is 4. The summed E-state index contributed by atoms with van der Waals surface area (Å²) in [6.45, 7) is 4.30. The van der Waals surface area contributed by atoms with E-state index in [1.807, 2.05) is 19.9 Å². The first-order chi connectivity index (χ1) is 13.9. The molecule has 7 nitrogen and oxygen atoms in total. The third-order valence-corrected chi connectivity index (χ3v) is 4.34. The maximum absolute atomic E-state index is 13.0. The SMILES string of the molecule is CCCOc1cc(OC)ccc1/C=C1\C(=O)NC(=O)N(c2cccc(C)c2)C1=O. The molecule has 1 heterocycles. The van der Waals surface area contributed by atoms with Gasteiger partial charge in [0.05, 0.1) is 19.4 Å². The fraction of sp³-hybridized carbons (Fsp3) is 0.227. The van der Waals surface area contributed by atoms with Crippen LogP contribution in [0.3, 0.4) is 0 Å². The minimum atomic E-state index is -0.778. The fourth-order valence-corrected chi connectivity index (χ4v) is 2.91. The molecule has 3 rings (SSSR count). The first kappa shape index (κ1) is 20.1. The van der Waals surface area contributed by atoms with Gasteiger partial charge in [0.1, 0.15) is 17.1 Å². The van der Waals surface area contributed by atoms with Crippen LogP contribution in [0.15, 0.2) is 48.0 Å². The van der Waals surface area contributed by atoms with Crippen LogP contribution in [0.2, 0.25) is 0 Å². The molecule has 0 aromatic heterocycles. The number of barbiturate groups is 1. The number of hydrogen-bond acceptors (Lipinski definition) is 5. The zero-order valence-electron chi connectivity index (χ0n) is 16.5. The predicted molar refractivity (Wildman–Crippen MR) is 109 cm³/mol. The average molecular weight is 394 g/mol. The largest absolute Gasteiger partial charge is 0.497 e. The molecular formula is C22H22N2O5. The van der Waals surface area contributed by atoms with Crippen LogP contribution in [0.5, 0.6) is 11.5 Å². The first-order valence-corrected chi connectivity index (χ1v) is 9.23. The lowest BCUT2D eigenvalue weighted by atomic mass is 10.1. The quantitative estimate of drug-likeness (QED) is 0.599. The van der Waals surface area contributed by atoms with Crippen LogP contribution in [-0.4, -0.2) is 31.6 Å². The van der Waals surface area contributed by atoms with Crippen LogP contribution in [0, 0.1) is 6.92 Å². The lowest BCUT2D eigenvalue weighted by Crippen LogP contribution is -2.54. The van der Waals surface area contributed by atoms with Crippen molar-refractivity contribution >= 4 is 29.6 Å². The average Bonchev–Trinajstić information content (AvgIpc) is 2.70. The van der Waals surface area contributed by atoms with Gasteiger partial charge < -0.3 is 9.47 Å². The predicted octanol–water partition coefficient (Wildman–Crippen LogP) is 3.46. The summed E-state index contributed by atoms with van der Waals surface area (Å²) < 4.78 is 11.0. The van der Waals surface area contributed by atoms with Crippen LogP contribution in [0.4, 0.5) is 10.5 Å². The summed E-state index contributed by atoms with van der Waals surface area (Å²) in [6, 6.07) is 11.3. The van der Waals surface area contributed by atoms with Crippen molar-refractivity contribution in [2.24, 2.45) is 0 Å². The molecule has 0 unspecified atom stereocenters. The van der Waals surface area contributed by atoms with Crippen molar-refractivity contribution in [2.45, 2.75) is 20.3 Å². The zero-order chi connectivity index (χ0) is 21.0. The Balaban J connectivity index is 2.02. The van der Waals surface area contributed by atoms with Crippen molar-refractivity contribution < 1.29 is 23.9 Å². The molecule has 7 heteroatoms. The highest BCUT2D eigenvalue weighted by Crippen LogP contribution is 2.29. The third kappa shape index (κ3) is 4.29. The number of ether oxygens (including phenoxy) is 2. The first-order valence-electron chi connectivity index (χ1n) is 9.23. The Morgan fingerprint density at radius 3 is 2.59 bits per heavy atom. The maximum Gasteiger partial charge on any atom is 0.335 e. The number of nitrogens with one attached hydrogen (secondary N) is 1. The number of carbonyl (C=O) groups is 3. The van der Waals surface area contributed by atoms with Crippen LogP contribution < -0.4 is 19.7 Å². The number of aryl methyl sites for hydroxylation is 1. The molecule has 0 atom stereocenters. The van der Waals surface area contributed by atoms with Crippen molar-refractivity contribution in [3.63, 3.8) is 0 Å². The van der Waals surface area contributed by atoms with Gasteiger partial charge in [0.2, 0.25) is 0 Å². The second-order valence-electron chi connectivity index (χ2n) is 6.55. The second-order valence-corrected chi connectivity index (χ2v) is 6.55. The topological polar surface area (TPSA) is 84.9 Å². The Labute approximate surface area is 168 Å². The number of benzene rings is 2. The standard InChI is InChI=1S/C22H22N2O5/c1-4-10-29-19-13-17(28-3)9-8-15(19)12-18-20(25)23-22(27)24(21(18)26)16-7-5-6-14(2)11-16/h5-9,11-13H,4,10H2,1-3H3,(H,23,25,27)/b18-12+. The van der Waals surface area contributed by atoms with Gasteiger partial charge in [0, 0.05) is 11.6 Å². The number of rotatable bonds is 6. The normalized spacial score (nSPS) is 15.5. The van der Waals surface area contributed by atoms with Crippen molar-refractivity contribution in [3.05, 3.63) is 59.2 Å². The van der Waals surface area contributed by atoms with E-state index in [4.69, 9.17) is 9.47 Å². The van der Waals surface area contributed by atoms with Crippen LogP contribution in [0.25, 0.3) is 6.08 Å². The van der Waals surface area contributed by atoms with Crippen LogP contribution in [-0.2, 0) is 9.59 Å². The summed E-state index contributed by atoms with van der Waals surface area (Å²) in [7, 11) is 1.54. The Kier molecular flexibility index (Phi) is 5.97. The zero-order valence-corrected chi connectivity index (χ0v) is 16.5. The molecule has 150 valence electrons. The Hall–Kier alpha value is -3.61. The van der Waals surface area contributed by atoms with Gasteiger partial charge in [-0.3, -0.25) is 14.9 Å². The van der Waals surface area contributed by atoms with Crippen LogP contribution >= 0.6 is 0 Å².